The van der Waals surface area contributed by atoms with Gasteiger partial charge in [-0.15, -0.1) is 0 Å². The summed E-state index contributed by atoms with van der Waals surface area (Å²) in [5, 5.41) is 3.68. The third kappa shape index (κ3) is 6.99. The Kier molecular flexibility index (Phi) is 8.74. The lowest BCUT2D eigenvalue weighted by Crippen LogP contribution is -2.38. The van der Waals surface area contributed by atoms with Crippen LogP contribution < -0.4 is 15.0 Å². The van der Waals surface area contributed by atoms with Crippen molar-refractivity contribution in [3.63, 3.8) is 0 Å². The van der Waals surface area contributed by atoms with E-state index in [4.69, 9.17) is 14.5 Å². The van der Waals surface area contributed by atoms with Crippen LogP contribution in [0.3, 0.4) is 0 Å². The van der Waals surface area contributed by atoms with Crippen LogP contribution in [-0.4, -0.2) is 61.7 Å². The zero-order valence-electron chi connectivity index (χ0n) is 23.2. The van der Waals surface area contributed by atoms with E-state index in [9.17, 15) is 14.0 Å². The molecule has 1 aliphatic rings. The second-order valence-electron chi connectivity index (χ2n) is 9.99. The topological polar surface area (TPSA) is 84.0 Å². The van der Waals surface area contributed by atoms with Gasteiger partial charge in [0.1, 0.15) is 17.4 Å². The first-order valence-corrected chi connectivity index (χ1v) is 13.6. The molecule has 0 saturated carbocycles. The molecule has 1 aliphatic heterocycles. The van der Waals surface area contributed by atoms with Crippen molar-refractivity contribution in [2.75, 3.05) is 50.2 Å². The lowest BCUT2D eigenvalue weighted by molar-refractivity contribution is -0.114. The molecule has 0 atom stereocenters. The van der Waals surface area contributed by atoms with E-state index in [0.29, 0.717) is 57.1 Å². The number of methoxy groups -OCH3 is 1. The first-order valence-electron chi connectivity index (χ1n) is 13.6. The molecule has 0 spiro atoms. The molecule has 0 bridgehead atoms. The highest BCUT2D eigenvalue weighted by Crippen LogP contribution is 2.29. The smallest absolute Gasteiger partial charge is 0.254 e. The molecular weight excluding hydrogens is 523 g/mol. The highest BCUT2D eigenvalue weighted by atomic mass is 19.1. The van der Waals surface area contributed by atoms with Crippen LogP contribution in [0, 0.1) is 5.82 Å². The van der Waals surface area contributed by atoms with Crippen LogP contribution in [0.25, 0.3) is 10.9 Å². The molecule has 0 unspecified atom stereocenters. The van der Waals surface area contributed by atoms with E-state index < -0.39 is 0 Å². The van der Waals surface area contributed by atoms with Crippen molar-refractivity contribution in [3.8, 4) is 5.75 Å². The average Bonchev–Trinajstić information content (AvgIpc) is 2.99. The van der Waals surface area contributed by atoms with Gasteiger partial charge in [-0.3, -0.25) is 9.59 Å². The number of aromatic nitrogens is 1. The van der Waals surface area contributed by atoms with Crippen molar-refractivity contribution in [1.29, 1.82) is 0 Å². The Morgan fingerprint density at radius 3 is 2.44 bits per heavy atom. The Morgan fingerprint density at radius 2 is 1.76 bits per heavy atom. The molecule has 8 nitrogen and oxygen atoms in total. The Bertz CT molecular complexity index is 1520. The van der Waals surface area contributed by atoms with E-state index >= 15 is 0 Å². The summed E-state index contributed by atoms with van der Waals surface area (Å²) in [4.78, 5) is 34.4. The zero-order valence-corrected chi connectivity index (χ0v) is 23.2. The molecule has 41 heavy (non-hydrogen) atoms. The largest absolute Gasteiger partial charge is 0.497 e. The summed E-state index contributed by atoms with van der Waals surface area (Å²) in [7, 11) is 1.63. The van der Waals surface area contributed by atoms with Gasteiger partial charge in [0.15, 0.2) is 0 Å². The minimum atomic E-state index is -0.296. The predicted molar refractivity (Wildman–Crippen MR) is 157 cm³/mol. The number of amides is 2. The van der Waals surface area contributed by atoms with Crippen LogP contribution in [0.15, 0.2) is 72.8 Å². The highest BCUT2D eigenvalue weighted by Gasteiger charge is 2.23. The van der Waals surface area contributed by atoms with Gasteiger partial charge in [0.2, 0.25) is 5.91 Å². The molecule has 5 rings (SSSR count). The Balaban J connectivity index is 1.49. The SMILES string of the molecule is COc1ccc2cc(CN(CCc3ccc(F)cc3)C(=O)c3ccc(NC(C)=O)cc3)c(N3CCOCC3)nc2c1. The van der Waals surface area contributed by atoms with Gasteiger partial charge in [0, 0.05) is 61.4 Å². The maximum Gasteiger partial charge on any atom is 0.254 e. The standard InChI is InChI=1S/C32H33FN4O4/c1-22(38)34-28-10-5-24(6-11-28)32(39)37(14-13-23-3-8-27(33)9-4-23)21-26-19-25-7-12-29(40-2)20-30(25)35-31(26)36-15-17-41-18-16-36/h3-12,19-20H,13-18,21H2,1-2H3,(H,34,38). The van der Waals surface area contributed by atoms with Crippen molar-refractivity contribution in [3.05, 3.63) is 95.3 Å². The van der Waals surface area contributed by atoms with Gasteiger partial charge in [-0.25, -0.2) is 9.37 Å². The van der Waals surface area contributed by atoms with Crippen molar-refractivity contribution in [2.45, 2.75) is 19.9 Å². The van der Waals surface area contributed by atoms with Crippen LogP contribution in [0.4, 0.5) is 15.9 Å². The first kappa shape index (κ1) is 28.0. The number of fused-ring (bicyclic) bond motifs is 1. The van der Waals surface area contributed by atoms with Crippen LogP contribution >= 0.6 is 0 Å². The summed E-state index contributed by atoms with van der Waals surface area (Å²) >= 11 is 0. The van der Waals surface area contributed by atoms with E-state index in [1.807, 2.05) is 18.2 Å². The molecule has 1 fully saturated rings. The number of benzene rings is 3. The van der Waals surface area contributed by atoms with Gasteiger partial charge >= 0.3 is 0 Å². The molecule has 0 radical (unpaired) electrons. The van der Waals surface area contributed by atoms with Crippen molar-refractivity contribution in [1.82, 2.24) is 9.88 Å². The van der Waals surface area contributed by atoms with Crippen molar-refractivity contribution >= 4 is 34.2 Å². The summed E-state index contributed by atoms with van der Waals surface area (Å²) < 4.78 is 24.5. The Morgan fingerprint density at radius 1 is 1.02 bits per heavy atom. The number of nitrogens with zero attached hydrogens (tertiary/aromatic N) is 3. The molecule has 3 aromatic carbocycles. The number of hydrogen-bond acceptors (Lipinski definition) is 6. The quantitative estimate of drug-likeness (QED) is 0.310. The van der Waals surface area contributed by atoms with E-state index in [1.54, 1.807) is 48.4 Å². The third-order valence-corrected chi connectivity index (χ3v) is 7.08. The summed E-state index contributed by atoms with van der Waals surface area (Å²) in [5.74, 6) is 0.917. The monoisotopic (exact) mass is 556 g/mol. The molecule has 1 N–H and O–H groups in total. The van der Waals surface area contributed by atoms with Gasteiger partial charge in [-0.1, -0.05) is 12.1 Å². The van der Waals surface area contributed by atoms with Crippen molar-refractivity contribution in [2.24, 2.45) is 0 Å². The van der Waals surface area contributed by atoms with E-state index in [1.165, 1.54) is 19.1 Å². The van der Waals surface area contributed by atoms with E-state index in [0.717, 1.165) is 33.6 Å². The van der Waals surface area contributed by atoms with Crippen LogP contribution in [0.1, 0.15) is 28.4 Å². The normalized spacial score (nSPS) is 13.2. The fourth-order valence-corrected chi connectivity index (χ4v) is 4.93. The maximum absolute atomic E-state index is 13.9. The average molecular weight is 557 g/mol. The van der Waals surface area contributed by atoms with Gasteiger partial charge in [-0.05, 0) is 66.6 Å². The summed E-state index contributed by atoms with van der Waals surface area (Å²) in [6.07, 6.45) is 0.557. The van der Waals surface area contributed by atoms with Gasteiger partial charge in [-0.2, -0.15) is 0 Å². The zero-order chi connectivity index (χ0) is 28.8. The molecule has 2 heterocycles. The van der Waals surface area contributed by atoms with Crippen LogP contribution in [0.5, 0.6) is 5.75 Å². The first-order chi connectivity index (χ1) is 19.9. The minimum Gasteiger partial charge on any atom is -0.497 e. The molecule has 9 heteroatoms. The Hall–Kier alpha value is -4.50. The van der Waals surface area contributed by atoms with Gasteiger partial charge in [0.05, 0.1) is 25.8 Å². The number of nitrogens with one attached hydrogen (secondary N) is 1. The maximum atomic E-state index is 13.9. The molecular formula is C32H33FN4O4. The van der Waals surface area contributed by atoms with E-state index in [-0.39, 0.29) is 17.6 Å². The Labute approximate surface area is 238 Å². The lowest BCUT2D eigenvalue weighted by Gasteiger charge is -2.31. The summed E-state index contributed by atoms with van der Waals surface area (Å²) in [6, 6.07) is 21.1. The fourth-order valence-electron chi connectivity index (χ4n) is 4.93. The number of halogens is 1. The molecule has 0 aliphatic carbocycles. The second-order valence-corrected chi connectivity index (χ2v) is 9.99. The molecule has 1 saturated heterocycles. The molecule has 4 aromatic rings. The summed E-state index contributed by atoms with van der Waals surface area (Å²) in [6.45, 7) is 4.79. The number of rotatable bonds is 9. The minimum absolute atomic E-state index is 0.149. The number of carbonyl (C=O) groups excluding carboxylic acids is 2. The van der Waals surface area contributed by atoms with E-state index in [2.05, 4.69) is 16.3 Å². The third-order valence-electron chi connectivity index (χ3n) is 7.08. The molecule has 212 valence electrons. The predicted octanol–water partition coefficient (Wildman–Crippen LogP) is 5.06. The lowest BCUT2D eigenvalue weighted by atomic mass is 10.1. The van der Waals surface area contributed by atoms with Crippen molar-refractivity contribution < 1.29 is 23.5 Å². The summed E-state index contributed by atoms with van der Waals surface area (Å²) in [5.41, 5.74) is 3.79. The molecule has 1 aromatic heterocycles. The second kappa shape index (κ2) is 12.8. The fraction of sp³-hybridized carbons (Fsp3) is 0.281. The van der Waals surface area contributed by atoms with Gasteiger partial charge < -0.3 is 24.6 Å². The van der Waals surface area contributed by atoms with Crippen LogP contribution in [0.2, 0.25) is 0 Å². The number of anilines is 2. The number of hydrogen-bond donors (Lipinski definition) is 1. The number of carbonyl (C=O) groups is 2. The van der Waals surface area contributed by atoms with Crippen LogP contribution in [-0.2, 0) is 22.5 Å². The number of pyridine rings is 1. The highest BCUT2D eigenvalue weighted by molar-refractivity contribution is 5.95. The molecule has 2 amide bonds. The number of ether oxygens (including phenoxy) is 2. The number of morpholine rings is 1. The van der Waals surface area contributed by atoms with Gasteiger partial charge in [0.25, 0.3) is 5.91 Å².